The molecule has 144 valence electrons. The molecule has 0 aliphatic rings. The highest BCUT2D eigenvalue weighted by atomic mass is 32.2. The summed E-state index contributed by atoms with van der Waals surface area (Å²) in [6.07, 6.45) is 0. The van der Waals surface area contributed by atoms with Crippen molar-refractivity contribution in [2.45, 2.75) is 23.3 Å². The Morgan fingerprint density at radius 3 is 2.11 bits per heavy atom. The number of alkyl halides is 2. The maximum atomic E-state index is 12.9. The molecule has 0 fully saturated rings. The SMILES string of the molecule is O=C(NCc1ccc(OC(F)F)cc1)C(Sc1ccccc1)c1ccccc1. The molecule has 0 aromatic heterocycles. The van der Waals surface area contributed by atoms with Gasteiger partial charge in [0.25, 0.3) is 0 Å². The largest absolute Gasteiger partial charge is 0.435 e. The number of carbonyl (C=O) groups excluding carboxylic acids is 1. The Balaban J connectivity index is 1.67. The average Bonchev–Trinajstić information content (AvgIpc) is 2.72. The molecule has 0 spiro atoms. The third-order valence-corrected chi connectivity index (χ3v) is 5.22. The molecule has 0 radical (unpaired) electrons. The standard InChI is InChI=1S/C22H19F2NO2S/c23-22(24)27-18-13-11-16(12-14-18)15-25-21(26)20(17-7-3-1-4-8-17)28-19-9-5-2-6-10-19/h1-14,20,22H,15H2,(H,25,26). The fourth-order valence-electron chi connectivity index (χ4n) is 2.61. The molecule has 0 saturated carbocycles. The summed E-state index contributed by atoms with van der Waals surface area (Å²) in [5, 5.41) is 2.53. The zero-order valence-electron chi connectivity index (χ0n) is 14.9. The molecule has 28 heavy (non-hydrogen) atoms. The topological polar surface area (TPSA) is 38.3 Å². The number of ether oxygens (including phenoxy) is 1. The van der Waals surface area contributed by atoms with Gasteiger partial charge in [-0.15, -0.1) is 11.8 Å². The lowest BCUT2D eigenvalue weighted by Crippen LogP contribution is -2.27. The minimum atomic E-state index is -2.85. The van der Waals surface area contributed by atoms with Gasteiger partial charge < -0.3 is 10.1 Å². The fraction of sp³-hybridized carbons (Fsp3) is 0.136. The van der Waals surface area contributed by atoms with Gasteiger partial charge in [0, 0.05) is 11.4 Å². The van der Waals surface area contributed by atoms with Crippen LogP contribution in [0.15, 0.2) is 89.8 Å². The van der Waals surface area contributed by atoms with E-state index in [1.807, 2.05) is 60.7 Å². The summed E-state index contributed by atoms with van der Waals surface area (Å²) >= 11 is 1.48. The summed E-state index contributed by atoms with van der Waals surface area (Å²) < 4.78 is 28.8. The van der Waals surface area contributed by atoms with E-state index >= 15 is 0 Å². The van der Waals surface area contributed by atoms with Crippen molar-refractivity contribution in [1.82, 2.24) is 5.32 Å². The lowest BCUT2D eigenvalue weighted by Gasteiger charge is -2.17. The van der Waals surface area contributed by atoms with E-state index < -0.39 is 11.9 Å². The molecule has 1 atom stereocenters. The van der Waals surface area contributed by atoms with Crippen LogP contribution in [-0.4, -0.2) is 12.5 Å². The Bertz CT molecular complexity index is 874. The molecule has 1 unspecified atom stereocenters. The molecule has 0 aliphatic heterocycles. The predicted molar refractivity (Wildman–Crippen MR) is 106 cm³/mol. The van der Waals surface area contributed by atoms with Crippen molar-refractivity contribution in [1.29, 1.82) is 0 Å². The first-order valence-electron chi connectivity index (χ1n) is 8.70. The molecule has 1 amide bonds. The first-order chi connectivity index (χ1) is 13.6. The molecule has 0 heterocycles. The van der Waals surface area contributed by atoms with Crippen LogP contribution in [0.2, 0.25) is 0 Å². The van der Waals surface area contributed by atoms with Gasteiger partial charge in [-0.3, -0.25) is 4.79 Å². The number of benzene rings is 3. The number of hydrogen-bond donors (Lipinski definition) is 1. The van der Waals surface area contributed by atoms with Crippen molar-refractivity contribution < 1.29 is 18.3 Å². The third kappa shape index (κ3) is 5.82. The number of nitrogens with one attached hydrogen (secondary N) is 1. The minimum Gasteiger partial charge on any atom is -0.435 e. The first-order valence-corrected chi connectivity index (χ1v) is 9.58. The van der Waals surface area contributed by atoms with Crippen LogP contribution in [0.1, 0.15) is 16.4 Å². The van der Waals surface area contributed by atoms with Gasteiger partial charge in [0.15, 0.2) is 0 Å². The predicted octanol–water partition coefficient (Wildman–Crippen LogP) is 5.44. The van der Waals surface area contributed by atoms with Gasteiger partial charge in [0.05, 0.1) is 0 Å². The summed E-state index contributed by atoms with van der Waals surface area (Å²) in [6, 6.07) is 25.5. The average molecular weight is 399 g/mol. The van der Waals surface area contributed by atoms with Crippen molar-refractivity contribution in [3.63, 3.8) is 0 Å². The van der Waals surface area contributed by atoms with Crippen LogP contribution in [0.3, 0.4) is 0 Å². The van der Waals surface area contributed by atoms with Crippen LogP contribution in [0, 0.1) is 0 Å². The highest BCUT2D eigenvalue weighted by Crippen LogP contribution is 2.35. The first kappa shape index (κ1) is 19.9. The van der Waals surface area contributed by atoms with E-state index in [-0.39, 0.29) is 11.7 Å². The zero-order chi connectivity index (χ0) is 19.8. The summed E-state index contributed by atoms with van der Waals surface area (Å²) in [4.78, 5) is 13.9. The van der Waals surface area contributed by atoms with Crippen molar-refractivity contribution >= 4 is 17.7 Å². The second kappa shape index (κ2) is 9.90. The quantitative estimate of drug-likeness (QED) is 0.513. The van der Waals surface area contributed by atoms with Gasteiger partial charge >= 0.3 is 6.61 Å². The van der Waals surface area contributed by atoms with Gasteiger partial charge in [-0.05, 0) is 35.4 Å². The number of hydrogen-bond acceptors (Lipinski definition) is 3. The van der Waals surface area contributed by atoms with Crippen LogP contribution in [0.4, 0.5) is 8.78 Å². The monoisotopic (exact) mass is 399 g/mol. The Kier molecular flexibility index (Phi) is 7.03. The van der Waals surface area contributed by atoms with E-state index in [9.17, 15) is 13.6 Å². The Hall–Kier alpha value is -2.86. The number of carbonyl (C=O) groups is 1. The van der Waals surface area contributed by atoms with Crippen molar-refractivity contribution in [3.8, 4) is 5.75 Å². The molecule has 3 aromatic carbocycles. The summed E-state index contributed by atoms with van der Waals surface area (Å²) in [6.45, 7) is -2.56. The van der Waals surface area contributed by atoms with E-state index in [1.165, 1.54) is 23.9 Å². The number of amides is 1. The molecule has 0 saturated heterocycles. The smallest absolute Gasteiger partial charge is 0.387 e. The molecular weight excluding hydrogens is 380 g/mol. The Labute approximate surface area is 166 Å². The highest BCUT2D eigenvalue weighted by Gasteiger charge is 2.21. The van der Waals surface area contributed by atoms with Gasteiger partial charge in [-0.2, -0.15) is 8.78 Å². The zero-order valence-corrected chi connectivity index (χ0v) is 15.7. The fourth-order valence-corrected chi connectivity index (χ4v) is 3.68. The molecule has 3 nitrogen and oxygen atoms in total. The van der Waals surface area contributed by atoms with Crippen LogP contribution in [0.5, 0.6) is 5.75 Å². The van der Waals surface area contributed by atoms with Crippen LogP contribution >= 0.6 is 11.8 Å². The van der Waals surface area contributed by atoms with Gasteiger partial charge in [0.1, 0.15) is 11.0 Å². The normalized spacial score (nSPS) is 11.8. The van der Waals surface area contributed by atoms with Crippen molar-refractivity contribution in [2.24, 2.45) is 0 Å². The van der Waals surface area contributed by atoms with E-state index in [0.717, 1.165) is 16.0 Å². The molecule has 3 aromatic rings. The second-order valence-corrected chi connectivity index (χ2v) is 7.14. The maximum Gasteiger partial charge on any atom is 0.387 e. The van der Waals surface area contributed by atoms with E-state index in [1.54, 1.807) is 12.1 Å². The Morgan fingerprint density at radius 1 is 0.893 bits per heavy atom. The summed E-state index contributed by atoms with van der Waals surface area (Å²) in [5.74, 6) is -0.0279. The van der Waals surface area contributed by atoms with Gasteiger partial charge in [-0.1, -0.05) is 60.7 Å². The number of halogens is 2. The molecule has 0 aliphatic carbocycles. The van der Waals surface area contributed by atoms with E-state index in [0.29, 0.717) is 6.54 Å². The minimum absolute atomic E-state index is 0.0897. The molecule has 1 N–H and O–H groups in total. The van der Waals surface area contributed by atoms with Crippen LogP contribution < -0.4 is 10.1 Å². The van der Waals surface area contributed by atoms with Crippen LogP contribution in [-0.2, 0) is 11.3 Å². The maximum absolute atomic E-state index is 12.9. The molecule has 0 bridgehead atoms. The van der Waals surface area contributed by atoms with Gasteiger partial charge in [0.2, 0.25) is 5.91 Å². The number of rotatable bonds is 8. The lowest BCUT2D eigenvalue weighted by atomic mass is 10.1. The van der Waals surface area contributed by atoms with E-state index in [4.69, 9.17) is 0 Å². The second-order valence-electron chi connectivity index (χ2n) is 5.96. The summed E-state index contributed by atoms with van der Waals surface area (Å²) in [5.41, 5.74) is 1.71. The van der Waals surface area contributed by atoms with Crippen molar-refractivity contribution in [2.75, 3.05) is 0 Å². The van der Waals surface area contributed by atoms with Crippen molar-refractivity contribution in [3.05, 3.63) is 96.1 Å². The molecule has 6 heteroatoms. The van der Waals surface area contributed by atoms with Crippen LogP contribution in [0.25, 0.3) is 0 Å². The molecular formula is C22H19F2NO2S. The lowest BCUT2D eigenvalue weighted by molar-refractivity contribution is -0.120. The Morgan fingerprint density at radius 2 is 1.50 bits per heavy atom. The van der Waals surface area contributed by atoms with E-state index in [2.05, 4.69) is 10.1 Å². The van der Waals surface area contributed by atoms with Gasteiger partial charge in [-0.25, -0.2) is 0 Å². The summed E-state index contributed by atoms with van der Waals surface area (Å²) in [7, 11) is 0. The number of thioether (sulfide) groups is 1. The third-order valence-electron chi connectivity index (χ3n) is 3.95. The molecule has 3 rings (SSSR count). The highest BCUT2D eigenvalue weighted by molar-refractivity contribution is 8.00.